The third-order valence-electron chi connectivity index (χ3n) is 2.61. The molecular weight excluding hydrogens is 218 g/mol. The maximum absolute atomic E-state index is 11.5. The molecule has 1 aromatic heterocycles. The highest BCUT2D eigenvalue weighted by atomic mass is 16.6. The Hall–Kier alpha value is -1.78. The second-order valence-corrected chi connectivity index (χ2v) is 4.08. The molecule has 0 saturated heterocycles. The zero-order chi connectivity index (χ0) is 12.3. The first-order chi connectivity index (χ1) is 8.20. The highest BCUT2D eigenvalue weighted by Crippen LogP contribution is 2.24. The summed E-state index contributed by atoms with van der Waals surface area (Å²) in [7, 11) is 1.67. The Balaban J connectivity index is 1.98. The van der Waals surface area contributed by atoms with Gasteiger partial charge in [-0.05, 0) is 31.9 Å². The van der Waals surface area contributed by atoms with Gasteiger partial charge in [-0.15, -0.1) is 0 Å². The fourth-order valence-corrected chi connectivity index (χ4v) is 1.43. The second kappa shape index (κ2) is 5.03. The van der Waals surface area contributed by atoms with Gasteiger partial charge in [-0.1, -0.05) is 0 Å². The zero-order valence-corrected chi connectivity index (χ0v) is 10.1. The molecule has 1 aromatic rings. The number of carbonyl (C=O) groups excluding carboxylic acids is 1. The van der Waals surface area contributed by atoms with Crippen molar-refractivity contribution < 1.29 is 9.53 Å². The van der Waals surface area contributed by atoms with Crippen molar-refractivity contribution in [2.24, 2.45) is 0 Å². The van der Waals surface area contributed by atoms with Gasteiger partial charge < -0.3 is 10.1 Å². The number of amides is 1. The molecule has 0 atom stereocenters. The number of nitrogens with one attached hydrogen (secondary N) is 1. The van der Waals surface area contributed by atoms with Gasteiger partial charge in [-0.25, -0.2) is 9.78 Å². The first-order valence-electron chi connectivity index (χ1n) is 5.83. The van der Waals surface area contributed by atoms with E-state index < -0.39 is 0 Å². The van der Waals surface area contributed by atoms with Crippen LogP contribution in [-0.4, -0.2) is 30.8 Å². The topological polar surface area (TPSA) is 54.5 Å². The number of rotatable bonds is 4. The number of ether oxygens (including phenoxy) is 1. The van der Waals surface area contributed by atoms with Crippen molar-refractivity contribution >= 4 is 17.6 Å². The Morgan fingerprint density at radius 1 is 1.59 bits per heavy atom. The quantitative estimate of drug-likeness (QED) is 0.869. The molecular formula is C12H17N3O2. The van der Waals surface area contributed by atoms with Crippen LogP contribution in [0.4, 0.5) is 16.3 Å². The molecule has 1 N–H and O–H groups in total. The number of pyridine rings is 1. The van der Waals surface area contributed by atoms with Crippen LogP contribution in [0.1, 0.15) is 19.8 Å². The van der Waals surface area contributed by atoms with Crippen LogP contribution < -0.4 is 10.2 Å². The van der Waals surface area contributed by atoms with E-state index >= 15 is 0 Å². The summed E-state index contributed by atoms with van der Waals surface area (Å²) in [6.07, 6.45) is 3.73. The Morgan fingerprint density at radius 3 is 2.88 bits per heavy atom. The molecule has 0 bridgehead atoms. The van der Waals surface area contributed by atoms with Crippen LogP contribution >= 0.6 is 0 Å². The molecule has 92 valence electrons. The molecule has 1 fully saturated rings. The predicted octanol–water partition coefficient (Wildman–Crippen LogP) is 2.25. The first-order valence-corrected chi connectivity index (χ1v) is 5.83. The van der Waals surface area contributed by atoms with E-state index in [1.807, 2.05) is 12.1 Å². The van der Waals surface area contributed by atoms with Crippen molar-refractivity contribution in [3.05, 3.63) is 18.3 Å². The third-order valence-corrected chi connectivity index (χ3v) is 2.61. The maximum Gasteiger partial charge on any atom is 0.414 e. The lowest BCUT2D eigenvalue weighted by molar-refractivity contribution is 0.161. The van der Waals surface area contributed by atoms with Gasteiger partial charge in [0.1, 0.15) is 5.82 Å². The summed E-state index contributed by atoms with van der Waals surface area (Å²) in [4.78, 5) is 17.2. The second-order valence-electron chi connectivity index (χ2n) is 4.08. The number of carbonyl (C=O) groups is 1. The van der Waals surface area contributed by atoms with Crippen molar-refractivity contribution in [1.82, 2.24) is 4.98 Å². The number of hydrogen-bond donors (Lipinski definition) is 1. The summed E-state index contributed by atoms with van der Waals surface area (Å²) in [5.74, 6) is 0.855. The van der Waals surface area contributed by atoms with E-state index in [4.69, 9.17) is 4.74 Å². The molecule has 1 aliphatic carbocycles. The van der Waals surface area contributed by atoms with E-state index in [1.165, 1.54) is 17.7 Å². The number of hydrogen-bond acceptors (Lipinski definition) is 4. The molecule has 2 rings (SSSR count). The van der Waals surface area contributed by atoms with Gasteiger partial charge >= 0.3 is 6.09 Å². The summed E-state index contributed by atoms with van der Waals surface area (Å²) in [6, 6.07) is 4.31. The smallest absolute Gasteiger partial charge is 0.414 e. The highest BCUT2D eigenvalue weighted by Gasteiger charge is 2.21. The fourth-order valence-electron chi connectivity index (χ4n) is 1.43. The average Bonchev–Trinajstić information content (AvgIpc) is 3.13. The molecule has 0 spiro atoms. The number of nitrogens with zero attached hydrogens (tertiary/aromatic N) is 2. The van der Waals surface area contributed by atoms with Crippen LogP contribution in [-0.2, 0) is 4.74 Å². The minimum atomic E-state index is -0.364. The molecule has 0 radical (unpaired) electrons. The molecule has 5 nitrogen and oxygen atoms in total. The van der Waals surface area contributed by atoms with Gasteiger partial charge in [-0.2, -0.15) is 0 Å². The number of aromatic nitrogens is 1. The average molecular weight is 235 g/mol. The van der Waals surface area contributed by atoms with Gasteiger partial charge in [0.05, 0.1) is 18.5 Å². The SMILES string of the molecule is CCOC(=O)N(C)c1ccc(NC2CC2)nc1. The normalized spacial score (nSPS) is 14.2. The zero-order valence-electron chi connectivity index (χ0n) is 10.1. The van der Waals surface area contributed by atoms with E-state index in [9.17, 15) is 4.79 Å². The van der Waals surface area contributed by atoms with E-state index in [0.717, 1.165) is 11.5 Å². The summed E-state index contributed by atoms with van der Waals surface area (Å²) >= 11 is 0. The van der Waals surface area contributed by atoms with Crippen molar-refractivity contribution in [2.45, 2.75) is 25.8 Å². The first kappa shape index (κ1) is 11.7. The van der Waals surface area contributed by atoms with Crippen LogP contribution in [0.3, 0.4) is 0 Å². The van der Waals surface area contributed by atoms with Crippen LogP contribution in [0.5, 0.6) is 0 Å². The predicted molar refractivity (Wildman–Crippen MR) is 66.3 cm³/mol. The van der Waals surface area contributed by atoms with E-state index in [1.54, 1.807) is 20.2 Å². The lowest BCUT2D eigenvalue weighted by Gasteiger charge is -2.16. The van der Waals surface area contributed by atoms with Crippen LogP contribution in [0.2, 0.25) is 0 Å². The molecule has 1 heterocycles. The molecule has 1 amide bonds. The van der Waals surface area contributed by atoms with Gasteiger partial charge in [0.15, 0.2) is 0 Å². The summed E-state index contributed by atoms with van der Waals surface area (Å²) in [5.41, 5.74) is 0.727. The van der Waals surface area contributed by atoms with Crippen molar-refractivity contribution in [1.29, 1.82) is 0 Å². The lowest BCUT2D eigenvalue weighted by Crippen LogP contribution is -2.27. The van der Waals surface area contributed by atoms with Crippen LogP contribution in [0.25, 0.3) is 0 Å². The Morgan fingerprint density at radius 2 is 2.35 bits per heavy atom. The minimum Gasteiger partial charge on any atom is -0.449 e. The third kappa shape index (κ3) is 3.09. The van der Waals surface area contributed by atoms with Gasteiger partial charge in [-0.3, -0.25) is 4.90 Å². The minimum absolute atomic E-state index is 0.364. The lowest BCUT2D eigenvalue weighted by atomic mass is 10.4. The summed E-state index contributed by atoms with van der Waals surface area (Å²) < 4.78 is 4.91. The summed E-state index contributed by atoms with van der Waals surface area (Å²) in [6.45, 7) is 2.16. The van der Waals surface area contributed by atoms with Gasteiger partial charge in [0.25, 0.3) is 0 Å². The fraction of sp³-hybridized carbons (Fsp3) is 0.500. The van der Waals surface area contributed by atoms with Crippen LogP contribution in [0.15, 0.2) is 18.3 Å². The largest absolute Gasteiger partial charge is 0.449 e. The van der Waals surface area contributed by atoms with Gasteiger partial charge in [0, 0.05) is 13.1 Å². The monoisotopic (exact) mass is 235 g/mol. The molecule has 0 aliphatic heterocycles. The van der Waals surface area contributed by atoms with Crippen LogP contribution in [0, 0.1) is 0 Å². The Bertz CT molecular complexity index is 387. The molecule has 1 saturated carbocycles. The number of anilines is 2. The molecule has 0 aromatic carbocycles. The van der Waals surface area contributed by atoms with Crippen molar-refractivity contribution in [3.8, 4) is 0 Å². The van der Waals surface area contributed by atoms with E-state index in [2.05, 4.69) is 10.3 Å². The Labute approximate surface area is 101 Å². The molecule has 5 heteroatoms. The van der Waals surface area contributed by atoms with E-state index in [0.29, 0.717) is 12.6 Å². The standard InChI is InChI=1S/C12H17N3O2/c1-3-17-12(16)15(2)10-6-7-11(13-8-10)14-9-4-5-9/h6-9H,3-5H2,1-2H3,(H,13,14). The van der Waals surface area contributed by atoms with Crippen molar-refractivity contribution in [2.75, 3.05) is 23.9 Å². The van der Waals surface area contributed by atoms with Crippen molar-refractivity contribution in [3.63, 3.8) is 0 Å². The summed E-state index contributed by atoms with van der Waals surface area (Å²) in [5, 5.41) is 3.29. The molecule has 0 unspecified atom stereocenters. The molecule has 1 aliphatic rings. The Kier molecular flexibility index (Phi) is 3.46. The maximum atomic E-state index is 11.5. The van der Waals surface area contributed by atoms with Gasteiger partial charge in [0.2, 0.25) is 0 Å². The highest BCUT2D eigenvalue weighted by molar-refractivity contribution is 5.86. The van der Waals surface area contributed by atoms with E-state index in [-0.39, 0.29) is 6.09 Å². The molecule has 17 heavy (non-hydrogen) atoms.